The molecule has 1 saturated heterocycles. The van der Waals surface area contributed by atoms with Gasteiger partial charge in [0.25, 0.3) is 5.91 Å². The summed E-state index contributed by atoms with van der Waals surface area (Å²) in [7, 11) is -3.43. The van der Waals surface area contributed by atoms with Gasteiger partial charge in [0.05, 0.1) is 12.3 Å². The Labute approximate surface area is 180 Å². The molecular weight excluding hydrogens is 420 g/mol. The van der Waals surface area contributed by atoms with Crippen LogP contribution in [0.2, 0.25) is 0 Å². The molecule has 1 fully saturated rings. The summed E-state index contributed by atoms with van der Waals surface area (Å²) < 4.78 is 25.2. The normalized spacial score (nSPS) is 19.6. The zero-order chi connectivity index (χ0) is 22.8. The first-order valence-electron chi connectivity index (χ1n) is 9.56. The average Bonchev–Trinajstić information content (AvgIpc) is 2.91. The molecule has 0 aliphatic carbocycles. The number of hydrogen-bond donors (Lipinski definition) is 3. The summed E-state index contributed by atoms with van der Waals surface area (Å²) in [5.41, 5.74) is 0.414. The highest BCUT2D eigenvalue weighted by Crippen LogP contribution is 2.28. The predicted molar refractivity (Wildman–Crippen MR) is 116 cm³/mol. The number of hydrogen-bond acceptors (Lipinski definition) is 5. The van der Waals surface area contributed by atoms with E-state index in [0.29, 0.717) is 16.8 Å². The van der Waals surface area contributed by atoms with Gasteiger partial charge in [0, 0.05) is 5.69 Å². The van der Waals surface area contributed by atoms with Crippen molar-refractivity contribution in [3.63, 3.8) is 0 Å². The van der Waals surface area contributed by atoms with E-state index in [-0.39, 0.29) is 0 Å². The van der Waals surface area contributed by atoms with E-state index in [2.05, 4.69) is 15.4 Å². The van der Waals surface area contributed by atoms with Crippen molar-refractivity contribution < 1.29 is 22.8 Å². The Bertz CT molecular complexity index is 1120. The van der Waals surface area contributed by atoms with E-state index in [9.17, 15) is 22.8 Å². The minimum absolute atomic E-state index is 0.369. The Kier molecular flexibility index (Phi) is 6.03. The Balaban J connectivity index is 1.68. The minimum Gasteiger partial charge on any atom is -0.348 e. The molecule has 0 spiro atoms. The molecule has 1 aliphatic rings. The van der Waals surface area contributed by atoms with E-state index in [1.165, 1.54) is 0 Å². The van der Waals surface area contributed by atoms with E-state index < -0.39 is 46.0 Å². The number of carbonyl (C=O) groups excluding carboxylic acids is 3. The van der Waals surface area contributed by atoms with Gasteiger partial charge in [-0.1, -0.05) is 42.5 Å². The van der Waals surface area contributed by atoms with Gasteiger partial charge < -0.3 is 10.6 Å². The molecular formula is C21H24N4O5S. The van der Waals surface area contributed by atoms with Crippen LogP contribution in [0.3, 0.4) is 0 Å². The Morgan fingerprint density at radius 1 is 1.13 bits per heavy atom. The van der Waals surface area contributed by atoms with Crippen LogP contribution in [0.15, 0.2) is 54.6 Å². The SMILES string of the molecule is CC(NC(=O)CN1C(=O)NC(C)(c2ccccc2)C1=O)c1cccc(NS(C)(=O)=O)c1. The van der Waals surface area contributed by atoms with Gasteiger partial charge in [0.1, 0.15) is 12.1 Å². The minimum atomic E-state index is -3.43. The molecule has 2 aromatic rings. The van der Waals surface area contributed by atoms with Gasteiger partial charge in [-0.05, 0) is 37.1 Å². The maximum atomic E-state index is 12.9. The fourth-order valence-corrected chi connectivity index (χ4v) is 3.96. The van der Waals surface area contributed by atoms with E-state index in [4.69, 9.17) is 0 Å². The third kappa shape index (κ3) is 5.02. The van der Waals surface area contributed by atoms with Crippen LogP contribution in [-0.2, 0) is 25.2 Å². The lowest BCUT2D eigenvalue weighted by molar-refractivity contribution is -0.135. The van der Waals surface area contributed by atoms with Crippen LogP contribution in [0, 0.1) is 0 Å². The summed E-state index contributed by atoms with van der Waals surface area (Å²) in [6, 6.07) is 14.3. The first-order chi connectivity index (χ1) is 14.5. The number of rotatable bonds is 7. The summed E-state index contributed by atoms with van der Waals surface area (Å²) in [6.07, 6.45) is 1.05. The van der Waals surface area contributed by atoms with Gasteiger partial charge in [-0.3, -0.25) is 19.2 Å². The molecule has 4 amide bonds. The number of nitrogens with zero attached hydrogens (tertiary/aromatic N) is 1. The first kappa shape index (κ1) is 22.3. The smallest absolute Gasteiger partial charge is 0.325 e. The third-order valence-electron chi connectivity index (χ3n) is 5.00. The van der Waals surface area contributed by atoms with Crippen LogP contribution in [0.5, 0.6) is 0 Å². The zero-order valence-electron chi connectivity index (χ0n) is 17.4. The zero-order valence-corrected chi connectivity index (χ0v) is 18.2. The van der Waals surface area contributed by atoms with Crippen molar-refractivity contribution >= 4 is 33.6 Å². The second kappa shape index (κ2) is 8.38. The molecule has 3 rings (SSSR count). The topological polar surface area (TPSA) is 125 Å². The number of urea groups is 1. The molecule has 3 N–H and O–H groups in total. The Hall–Kier alpha value is -3.40. The maximum absolute atomic E-state index is 12.9. The Morgan fingerprint density at radius 3 is 2.45 bits per heavy atom. The lowest BCUT2D eigenvalue weighted by Crippen LogP contribution is -2.43. The molecule has 10 heteroatoms. The van der Waals surface area contributed by atoms with Gasteiger partial charge in [-0.2, -0.15) is 0 Å². The third-order valence-corrected chi connectivity index (χ3v) is 5.60. The Morgan fingerprint density at radius 2 is 1.81 bits per heavy atom. The van der Waals surface area contributed by atoms with Gasteiger partial charge in [-0.25, -0.2) is 13.2 Å². The second-order valence-electron chi connectivity index (χ2n) is 7.60. The van der Waals surface area contributed by atoms with Crippen LogP contribution < -0.4 is 15.4 Å². The monoisotopic (exact) mass is 444 g/mol. The summed E-state index contributed by atoms with van der Waals surface area (Å²) in [6.45, 7) is 2.89. The predicted octanol–water partition coefficient (Wildman–Crippen LogP) is 1.70. The fourth-order valence-electron chi connectivity index (χ4n) is 3.41. The molecule has 2 unspecified atom stereocenters. The van der Waals surface area contributed by atoms with E-state index in [1.807, 2.05) is 0 Å². The summed E-state index contributed by atoms with van der Waals surface area (Å²) in [5.74, 6) is -1.03. The van der Waals surface area contributed by atoms with Crippen LogP contribution in [0.4, 0.5) is 10.5 Å². The molecule has 31 heavy (non-hydrogen) atoms. The van der Waals surface area contributed by atoms with Gasteiger partial charge in [-0.15, -0.1) is 0 Å². The van der Waals surface area contributed by atoms with Crippen molar-refractivity contribution in [2.24, 2.45) is 0 Å². The summed E-state index contributed by atoms with van der Waals surface area (Å²) in [5, 5.41) is 5.39. The lowest BCUT2D eigenvalue weighted by atomic mass is 9.92. The molecule has 0 bridgehead atoms. The van der Waals surface area contributed by atoms with Crippen molar-refractivity contribution in [1.29, 1.82) is 0 Å². The quantitative estimate of drug-likeness (QED) is 0.561. The first-order valence-corrected chi connectivity index (χ1v) is 11.5. The number of amides is 4. The van der Waals surface area contributed by atoms with Crippen molar-refractivity contribution in [3.05, 3.63) is 65.7 Å². The number of benzene rings is 2. The van der Waals surface area contributed by atoms with Crippen LogP contribution in [-0.4, -0.2) is 44.0 Å². The molecule has 164 valence electrons. The van der Waals surface area contributed by atoms with Gasteiger partial charge in [0.2, 0.25) is 15.9 Å². The van der Waals surface area contributed by atoms with Crippen LogP contribution in [0.25, 0.3) is 0 Å². The number of nitrogens with one attached hydrogen (secondary N) is 3. The van der Waals surface area contributed by atoms with E-state index in [0.717, 1.165) is 11.2 Å². The fraction of sp³-hybridized carbons (Fsp3) is 0.286. The molecule has 1 heterocycles. The lowest BCUT2D eigenvalue weighted by Gasteiger charge is -2.22. The van der Waals surface area contributed by atoms with Crippen LogP contribution in [0.1, 0.15) is 31.0 Å². The molecule has 0 radical (unpaired) electrons. The van der Waals surface area contributed by atoms with Crippen molar-refractivity contribution in [3.8, 4) is 0 Å². The highest BCUT2D eigenvalue weighted by molar-refractivity contribution is 7.92. The number of imide groups is 1. The molecule has 0 saturated carbocycles. The second-order valence-corrected chi connectivity index (χ2v) is 9.35. The number of sulfonamides is 1. The average molecular weight is 445 g/mol. The van der Waals surface area contributed by atoms with Crippen molar-refractivity contribution in [2.45, 2.75) is 25.4 Å². The summed E-state index contributed by atoms with van der Waals surface area (Å²) >= 11 is 0. The molecule has 9 nitrogen and oxygen atoms in total. The summed E-state index contributed by atoms with van der Waals surface area (Å²) in [4.78, 5) is 38.7. The molecule has 1 aliphatic heterocycles. The highest BCUT2D eigenvalue weighted by Gasteiger charge is 2.49. The largest absolute Gasteiger partial charge is 0.348 e. The van der Waals surface area contributed by atoms with E-state index >= 15 is 0 Å². The van der Waals surface area contributed by atoms with E-state index in [1.54, 1.807) is 68.4 Å². The van der Waals surface area contributed by atoms with Crippen LogP contribution >= 0.6 is 0 Å². The molecule has 2 atom stereocenters. The molecule has 2 aromatic carbocycles. The highest BCUT2D eigenvalue weighted by atomic mass is 32.2. The standard InChI is InChI=1S/C21H24N4O5S/c1-14(15-8-7-11-17(12-15)24-31(3,29)30)22-18(26)13-25-19(27)21(2,23-20(25)28)16-9-5-4-6-10-16/h4-12,14,24H,13H2,1-3H3,(H,22,26)(H,23,28). The number of anilines is 1. The maximum Gasteiger partial charge on any atom is 0.325 e. The van der Waals surface area contributed by atoms with Crippen molar-refractivity contribution in [2.75, 3.05) is 17.5 Å². The number of carbonyl (C=O) groups is 3. The van der Waals surface area contributed by atoms with Gasteiger partial charge >= 0.3 is 6.03 Å². The molecule has 0 aromatic heterocycles. The van der Waals surface area contributed by atoms with Gasteiger partial charge in [0.15, 0.2) is 0 Å². The van der Waals surface area contributed by atoms with Crippen molar-refractivity contribution in [1.82, 2.24) is 15.5 Å².